The van der Waals surface area contributed by atoms with E-state index in [0.717, 1.165) is 4.70 Å². The number of hydrogen-bond donors (Lipinski definition) is 5. The molecule has 5 heterocycles. The van der Waals surface area contributed by atoms with Crippen LogP contribution in [0.3, 0.4) is 0 Å². The van der Waals surface area contributed by atoms with E-state index in [9.17, 15) is 9.59 Å². The molecular weight excluding hydrogens is 512 g/mol. The van der Waals surface area contributed by atoms with E-state index in [1.165, 1.54) is 11.3 Å². The van der Waals surface area contributed by atoms with Crippen molar-refractivity contribution in [1.29, 1.82) is 0 Å². The van der Waals surface area contributed by atoms with Gasteiger partial charge in [0, 0.05) is 36.7 Å². The van der Waals surface area contributed by atoms with Gasteiger partial charge in [0.15, 0.2) is 5.82 Å². The minimum absolute atomic E-state index is 0.152. The number of amides is 2. The number of rotatable bonds is 6. The van der Waals surface area contributed by atoms with Gasteiger partial charge in [-0.05, 0) is 27.2 Å². The molecular formula is C23H28N10O4S. The van der Waals surface area contributed by atoms with E-state index in [4.69, 9.17) is 9.47 Å². The smallest absolute Gasteiger partial charge is 0.408 e. The van der Waals surface area contributed by atoms with Gasteiger partial charge < -0.3 is 25.5 Å². The minimum atomic E-state index is -0.613. The number of carbonyl (C=O) groups is 2. The highest BCUT2D eigenvalue weighted by Crippen LogP contribution is 2.26. The highest BCUT2D eigenvalue weighted by Gasteiger charge is 2.30. The van der Waals surface area contributed by atoms with Crippen LogP contribution in [0.15, 0.2) is 36.2 Å². The molecule has 2 aliphatic rings. The molecule has 1 fully saturated rings. The summed E-state index contributed by atoms with van der Waals surface area (Å²) in [5.41, 5.74) is 5.96. The van der Waals surface area contributed by atoms with Crippen molar-refractivity contribution >= 4 is 51.3 Å². The van der Waals surface area contributed by atoms with Crippen LogP contribution < -0.4 is 31.9 Å². The van der Waals surface area contributed by atoms with E-state index in [0.29, 0.717) is 42.5 Å². The largest absolute Gasteiger partial charge is 0.444 e. The van der Waals surface area contributed by atoms with Gasteiger partial charge in [-0.3, -0.25) is 10.1 Å². The van der Waals surface area contributed by atoms with Gasteiger partial charge in [0.25, 0.3) is 5.91 Å². The van der Waals surface area contributed by atoms with Gasteiger partial charge >= 0.3 is 6.09 Å². The van der Waals surface area contributed by atoms with Crippen LogP contribution in [0.25, 0.3) is 10.2 Å². The average Bonchev–Trinajstić information content (AvgIpc) is 3.55. The molecule has 0 bridgehead atoms. The Morgan fingerprint density at radius 3 is 2.87 bits per heavy atom. The van der Waals surface area contributed by atoms with Gasteiger partial charge in [-0.2, -0.15) is 4.98 Å². The molecule has 0 aromatic carbocycles. The first kappa shape index (κ1) is 25.6. The number of hydrogen-bond acceptors (Lipinski definition) is 13. The maximum absolute atomic E-state index is 13.1. The third-order valence-corrected chi connectivity index (χ3v) is 6.44. The van der Waals surface area contributed by atoms with E-state index in [1.807, 2.05) is 0 Å². The van der Waals surface area contributed by atoms with Crippen molar-refractivity contribution in [2.45, 2.75) is 44.9 Å². The number of hydrazine groups is 2. The number of carbonyl (C=O) groups excluding carboxylic acids is 2. The Hall–Kier alpha value is -4.08. The van der Waals surface area contributed by atoms with Crippen molar-refractivity contribution in [3.63, 3.8) is 0 Å². The van der Waals surface area contributed by atoms with Crippen molar-refractivity contribution in [3.8, 4) is 0 Å². The Bertz CT molecular complexity index is 1360. The van der Waals surface area contributed by atoms with Gasteiger partial charge in [-0.15, -0.1) is 16.9 Å². The summed E-state index contributed by atoms with van der Waals surface area (Å²) in [4.78, 5) is 43.0. The zero-order chi connectivity index (χ0) is 26.7. The van der Waals surface area contributed by atoms with Crippen molar-refractivity contribution < 1.29 is 19.1 Å². The highest BCUT2D eigenvalue weighted by molar-refractivity contribution is 7.17. The molecule has 5 N–H and O–H groups in total. The first-order chi connectivity index (χ1) is 18.2. The lowest BCUT2D eigenvalue weighted by atomic mass is 10.0. The summed E-state index contributed by atoms with van der Waals surface area (Å²) >= 11 is 1.36. The molecule has 0 radical (unpaired) electrons. The van der Waals surface area contributed by atoms with E-state index < -0.39 is 17.6 Å². The van der Waals surface area contributed by atoms with Crippen LogP contribution in [-0.4, -0.2) is 62.8 Å². The average molecular weight is 541 g/mol. The second-order valence-electron chi connectivity index (χ2n) is 9.56. The summed E-state index contributed by atoms with van der Waals surface area (Å²) in [5, 5.41) is 12.2. The topological polar surface area (TPSA) is 168 Å². The molecule has 15 heteroatoms. The summed E-state index contributed by atoms with van der Waals surface area (Å²) < 4.78 is 11.7. The van der Waals surface area contributed by atoms with Gasteiger partial charge in [-0.25, -0.2) is 24.8 Å². The summed E-state index contributed by atoms with van der Waals surface area (Å²) in [6.07, 6.45) is 6.78. The third kappa shape index (κ3) is 6.07. The number of anilines is 3. The van der Waals surface area contributed by atoms with Gasteiger partial charge in [0.05, 0.1) is 40.7 Å². The third-order valence-electron chi connectivity index (χ3n) is 5.54. The number of alkyl carbamates (subject to hydrolysis) is 1. The lowest BCUT2D eigenvalue weighted by Gasteiger charge is -2.33. The molecule has 3 aromatic heterocycles. The van der Waals surface area contributed by atoms with E-state index in [2.05, 4.69) is 46.8 Å². The second kappa shape index (κ2) is 10.7. The first-order valence-corrected chi connectivity index (χ1v) is 12.8. The van der Waals surface area contributed by atoms with Gasteiger partial charge in [-0.1, -0.05) is 0 Å². The lowest BCUT2D eigenvalue weighted by Crippen LogP contribution is -2.53. The van der Waals surface area contributed by atoms with E-state index >= 15 is 0 Å². The molecule has 2 aliphatic heterocycles. The molecule has 3 aromatic rings. The molecule has 2 atom stereocenters. The van der Waals surface area contributed by atoms with Crippen molar-refractivity contribution in [1.82, 2.24) is 36.2 Å². The lowest BCUT2D eigenvalue weighted by molar-refractivity contribution is 0.0317. The van der Waals surface area contributed by atoms with Crippen molar-refractivity contribution in [2.24, 2.45) is 0 Å². The van der Waals surface area contributed by atoms with Crippen LogP contribution in [-0.2, 0) is 9.47 Å². The van der Waals surface area contributed by atoms with E-state index in [1.54, 1.807) is 62.0 Å². The minimum Gasteiger partial charge on any atom is -0.444 e. The molecule has 0 unspecified atom stereocenters. The molecule has 38 heavy (non-hydrogen) atoms. The predicted octanol–water partition coefficient (Wildman–Crippen LogP) is 2.13. The fraction of sp³-hybridized carbons (Fsp3) is 0.391. The second-order valence-corrected chi connectivity index (χ2v) is 10.5. The van der Waals surface area contributed by atoms with Crippen LogP contribution in [0.4, 0.5) is 22.5 Å². The summed E-state index contributed by atoms with van der Waals surface area (Å²) in [5.74, 6) is 0.647. The summed E-state index contributed by atoms with van der Waals surface area (Å²) in [7, 11) is 0. The number of thiophene rings is 1. The first-order valence-electron chi connectivity index (χ1n) is 11.9. The van der Waals surface area contributed by atoms with Crippen LogP contribution in [0.5, 0.6) is 0 Å². The molecule has 1 saturated heterocycles. The van der Waals surface area contributed by atoms with Crippen molar-refractivity contribution in [2.75, 3.05) is 28.9 Å². The van der Waals surface area contributed by atoms with Gasteiger partial charge in [0.1, 0.15) is 5.60 Å². The SMILES string of the molecule is CC(C)(C)OC(=O)N[C@H]1COCC[C@H]1Nc1ncc2scc(C(=O)Nc3nccc(N4C=CNN4)n3)c2n1. The number of nitrogens with zero attached hydrogens (tertiary/aromatic N) is 5. The fourth-order valence-corrected chi connectivity index (χ4v) is 4.68. The Morgan fingerprint density at radius 2 is 2.08 bits per heavy atom. The van der Waals surface area contributed by atoms with Crippen molar-refractivity contribution in [3.05, 3.63) is 41.8 Å². The predicted molar refractivity (Wildman–Crippen MR) is 141 cm³/mol. The zero-order valence-corrected chi connectivity index (χ0v) is 21.8. The fourth-order valence-electron chi connectivity index (χ4n) is 3.84. The van der Waals surface area contributed by atoms with E-state index in [-0.39, 0.29) is 18.0 Å². The molecule has 14 nitrogen and oxygen atoms in total. The van der Waals surface area contributed by atoms with Gasteiger partial charge in [0.2, 0.25) is 11.9 Å². The summed E-state index contributed by atoms with van der Waals surface area (Å²) in [6.45, 7) is 6.26. The Balaban J connectivity index is 1.29. The highest BCUT2D eigenvalue weighted by atomic mass is 32.1. The maximum Gasteiger partial charge on any atom is 0.408 e. The molecule has 2 amide bonds. The van der Waals surface area contributed by atoms with Crippen LogP contribution in [0, 0.1) is 0 Å². The monoisotopic (exact) mass is 540 g/mol. The molecule has 200 valence electrons. The number of nitrogens with one attached hydrogen (secondary N) is 5. The number of fused-ring (bicyclic) bond motifs is 1. The number of aromatic nitrogens is 4. The summed E-state index contributed by atoms with van der Waals surface area (Å²) in [6, 6.07) is 1.16. The van der Waals surface area contributed by atoms with Crippen LogP contribution in [0.1, 0.15) is 37.6 Å². The Labute approximate surface area is 222 Å². The molecule has 5 rings (SSSR count). The maximum atomic E-state index is 13.1. The molecule has 0 spiro atoms. The molecule has 0 aliphatic carbocycles. The Morgan fingerprint density at radius 1 is 1.21 bits per heavy atom. The zero-order valence-electron chi connectivity index (χ0n) is 21.0. The standard InChI is InChI=1S/C23H28N10O4S/c1-23(2,3)37-22(35)28-15-11-36-9-5-14(15)27-21-25-10-16-18(30-21)13(12-38-16)19(34)31-20-24-6-4-17(29-20)33-8-7-26-32-33/h4,6-8,10,12,14-15,26,32H,5,9,11H2,1-3H3,(H,28,35)(H,25,27,30)(H,24,29,31,34)/t14-,15+/m1/s1. The normalized spacial score (nSPS) is 19.2. The Kier molecular flexibility index (Phi) is 7.22. The van der Waals surface area contributed by atoms with Crippen LogP contribution >= 0.6 is 11.3 Å². The molecule has 0 saturated carbocycles. The number of ether oxygens (including phenoxy) is 2. The van der Waals surface area contributed by atoms with Crippen LogP contribution in [0.2, 0.25) is 0 Å². The quantitative estimate of drug-likeness (QED) is 0.309.